The smallest absolute Gasteiger partial charge is 0.162 e. The van der Waals surface area contributed by atoms with Crippen molar-refractivity contribution in [2.24, 2.45) is 0 Å². The van der Waals surface area contributed by atoms with E-state index < -0.39 is 0 Å². The first-order chi connectivity index (χ1) is 5.92. The third kappa shape index (κ3) is 1.28. The van der Waals surface area contributed by atoms with Crippen LogP contribution in [0.2, 0.25) is 0 Å². The van der Waals surface area contributed by atoms with E-state index in [4.69, 9.17) is 16.3 Å². The minimum atomic E-state index is 0.209. The summed E-state index contributed by atoms with van der Waals surface area (Å²) in [6.45, 7) is 0. The first kappa shape index (κ1) is 7.90. The summed E-state index contributed by atoms with van der Waals surface area (Å²) in [5, 5.41) is 3.12. The fourth-order valence-corrected chi connectivity index (χ4v) is 2.12. The van der Waals surface area contributed by atoms with Crippen LogP contribution in [0.3, 0.4) is 0 Å². The van der Waals surface area contributed by atoms with Crippen LogP contribution < -0.4 is 4.74 Å². The minimum Gasteiger partial charge on any atom is -0.476 e. The topological polar surface area (TPSA) is 9.23 Å². The maximum absolute atomic E-state index is 5.48. The van der Waals surface area contributed by atoms with Crippen molar-refractivity contribution in [1.29, 1.82) is 0 Å². The largest absolute Gasteiger partial charge is 0.476 e. The first-order valence-electron chi connectivity index (χ1n) is 3.57. The van der Waals surface area contributed by atoms with Gasteiger partial charge in [-0.05, 0) is 12.1 Å². The summed E-state index contributed by atoms with van der Waals surface area (Å²) in [7, 11) is 0. The lowest BCUT2D eigenvalue weighted by molar-refractivity contribution is 0.394. The standard InChI is InChI=1S/C9H7ClOS/c10-6-11-8-5-12-9-4-2-1-3-7(8)9/h1-5H,6H2. The van der Waals surface area contributed by atoms with Crippen molar-refractivity contribution in [3.05, 3.63) is 29.6 Å². The van der Waals surface area contributed by atoms with Gasteiger partial charge in [-0.25, -0.2) is 0 Å². The predicted molar refractivity (Wildman–Crippen MR) is 53.2 cm³/mol. The second-order valence-corrected chi connectivity index (χ2v) is 3.48. The van der Waals surface area contributed by atoms with Gasteiger partial charge in [-0.15, -0.1) is 11.3 Å². The van der Waals surface area contributed by atoms with Crippen molar-refractivity contribution in [2.75, 3.05) is 6.07 Å². The first-order valence-corrected chi connectivity index (χ1v) is 4.98. The molecule has 0 fully saturated rings. The van der Waals surface area contributed by atoms with Crippen molar-refractivity contribution >= 4 is 33.0 Å². The molecule has 0 aliphatic heterocycles. The molecule has 1 aromatic heterocycles. The molecule has 0 bridgehead atoms. The third-order valence-corrected chi connectivity index (χ3v) is 2.71. The van der Waals surface area contributed by atoms with E-state index in [1.807, 2.05) is 23.6 Å². The zero-order valence-electron chi connectivity index (χ0n) is 6.29. The Kier molecular flexibility index (Phi) is 2.19. The lowest BCUT2D eigenvalue weighted by Gasteiger charge is -1.97. The van der Waals surface area contributed by atoms with Crippen LogP contribution in [0.15, 0.2) is 29.6 Å². The molecule has 0 atom stereocenters. The summed E-state index contributed by atoms with van der Waals surface area (Å²) < 4.78 is 6.47. The van der Waals surface area contributed by atoms with E-state index in [0.717, 1.165) is 11.1 Å². The summed E-state index contributed by atoms with van der Waals surface area (Å²) in [4.78, 5) is 0. The molecule has 62 valence electrons. The molecular formula is C9H7ClOS. The molecule has 0 N–H and O–H groups in total. The van der Waals surface area contributed by atoms with Gasteiger partial charge < -0.3 is 4.74 Å². The summed E-state index contributed by atoms with van der Waals surface area (Å²) in [5.74, 6) is 0.880. The normalized spacial score (nSPS) is 10.4. The molecule has 0 amide bonds. The highest BCUT2D eigenvalue weighted by Gasteiger charge is 2.02. The van der Waals surface area contributed by atoms with Gasteiger partial charge in [-0.1, -0.05) is 23.7 Å². The van der Waals surface area contributed by atoms with Crippen LogP contribution in [0.5, 0.6) is 5.75 Å². The Morgan fingerprint density at radius 2 is 2.17 bits per heavy atom. The second-order valence-electron chi connectivity index (χ2n) is 2.35. The van der Waals surface area contributed by atoms with E-state index in [1.54, 1.807) is 11.3 Å². The number of alkyl halides is 1. The number of fused-ring (bicyclic) bond motifs is 1. The monoisotopic (exact) mass is 198 g/mol. The number of hydrogen-bond acceptors (Lipinski definition) is 2. The Balaban J connectivity index is 2.55. The van der Waals surface area contributed by atoms with Crippen molar-refractivity contribution in [3.63, 3.8) is 0 Å². The Morgan fingerprint density at radius 1 is 1.33 bits per heavy atom. The predicted octanol–water partition coefficient (Wildman–Crippen LogP) is 3.48. The second kappa shape index (κ2) is 3.33. The van der Waals surface area contributed by atoms with Gasteiger partial charge in [0.15, 0.2) is 6.07 Å². The molecule has 0 aliphatic rings. The number of ether oxygens (including phenoxy) is 1. The van der Waals surface area contributed by atoms with Crippen LogP contribution in [0, 0.1) is 0 Å². The molecule has 12 heavy (non-hydrogen) atoms. The lowest BCUT2D eigenvalue weighted by Crippen LogP contribution is -1.86. The number of benzene rings is 1. The van der Waals surface area contributed by atoms with E-state index in [0.29, 0.717) is 0 Å². The Morgan fingerprint density at radius 3 is 3.00 bits per heavy atom. The van der Waals surface area contributed by atoms with E-state index in [9.17, 15) is 0 Å². The molecule has 1 aromatic carbocycles. The Labute approximate surface area is 79.5 Å². The van der Waals surface area contributed by atoms with Crippen LogP contribution in [-0.4, -0.2) is 6.07 Å². The minimum absolute atomic E-state index is 0.209. The summed E-state index contributed by atoms with van der Waals surface area (Å²) in [5.41, 5.74) is 0. The molecular weight excluding hydrogens is 192 g/mol. The lowest BCUT2D eigenvalue weighted by atomic mass is 10.2. The molecule has 3 heteroatoms. The molecule has 0 radical (unpaired) electrons. The number of halogens is 1. The van der Waals surface area contributed by atoms with Crippen LogP contribution in [0.25, 0.3) is 10.1 Å². The van der Waals surface area contributed by atoms with Gasteiger partial charge in [0.25, 0.3) is 0 Å². The zero-order valence-corrected chi connectivity index (χ0v) is 7.86. The van der Waals surface area contributed by atoms with Crippen molar-refractivity contribution < 1.29 is 4.74 Å². The molecule has 1 heterocycles. The maximum Gasteiger partial charge on any atom is 0.162 e. The molecule has 0 aliphatic carbocycles. The highest BCUT2D eigenvalue weighted by atomic mass is 35.5. The average molecular weight is 199 g/mol. The van der Waals surface area contributed by atoms with E-state index in [2.05, 4.69) is 6.07 Å². The van der Waals surface area contributed by atoms with E-state index in [1.165, 1.54) is 4.70 Å². The fraction of sp³-hybridized carbons (Fsp3) is 0.111. The molecule has 0 saturated carbocycles. The molecule has 0 unspecified atom stereocenters. The van der Waals surface area contributed by atoms with Gasteiger partial charge in [0.05, 0.1) is 0 Å². The summed E-state index contributed by atoms with van der Waals surface area (Å²) in [6.07, 6.45) is 0. The number of thiophene rings is 1. The quantitative estimate of drug-likeness (QED) is 0.672. The van der Waals surface area contributed by atoms with Crippen LogP contribution in [0.4, 0.5) is 0 Å². The molecule has 0 saturated heterocycles. The van der Waals surface area contributed by atoms with Crippen LogP contribution >= 0.6 is 22.9 Å². The molecule has 2 rings (SSSR count). The molecule has 0 spiro atoms. The van der Waals surface area contributed by atoms with Gasteiger partial charge in [-0.3, -0.25) is 0 Å². The molecule has 1 nitrogen and oxygen atoms in total. The maximum atomic E-state index is 5.48. The van der Waals surface area contributed by atoms with Crippen molar-refractivity contribution in [2.45, 2.75) is 0 Å². The van der Waals surface area contributed by atoms with Crippen LogP contribution in [-0.2, 0) is 0 Å². The SMILES string of the molecule is ClCOc1csc2ccccc12. The summed E-state index contributed by atoms with van der Waals surface area (Å²) >= 11 is 7.15. The Bertz CT molecular complexity index is 383. The van der Waals surface area contributed by atoms with Gasteiger partial charge in [0.1, 0.15) is 5.75 Å². The highest BCUT2D eigenvalue weighted by molar-refractivity contribution is 7.17. The zero-order chi connectivity index (χ0) is 8.39. The van der Waals surface area contributed by atoms with Gasteiger partial charge >= 0.3 is 0 Å². The van der Waals surface area contributed by atoms with Gasteiger partial charge in [-0.2, -0.15) is 0 Å². The summed E-state index contributed by atoms with van der Waals surface area (Å²) in [6, 6.07) is 8.33. The van der Waals surface area contributed by atoms with E-state index >= 15 is 0 Å². The molecule has 2 aromatic rings. The number of rotatable bonds is 2. The van der Waals surface area contributed by atoms with E-state index in [-0.39, 0.29) is 6.07 Å². The fourth-order valence-electron chi connectivity index (χ4n) is 1.12. The van der Waals surface area contributed by atoms with Crippen molar-refractivity contribution in [1.82, 2.24) is 0 Å². The Hall–Kier alpha value is -0.730. The third-order valence-electron chi connectivity index (χ3n) is 1.66. The highest BCUT2D eigenvalue weighted by Crippen LogP contribution is 2.31. The van der Waals surface area contributed by atoms with Crippen LogP contribution in [0.1, 0.15) is 0 Å². The average Bonchev–Trinajstić information content (AvgIpc) is 2.50. The van der Waals surface area contributed by atoms with Crippen molar-refractivity contribution in [3.8, 4) is 5.75 Å². The van der Waals surface area contributed by atoms with Gasteiger partial charge in [0, 0.05) is 15.5 Å². The van der Waals surface area contributed by atoms with Gasteiger partial charge in [0.2, 0.25) is 0 Å². The number of hydrogen-bond donors (Lipinski definition) is 0.